The SMILES string of the molecule is I.NC(=NCC1CCCCC(F)(F)C1)N1CCSCC1. The van der Waals surface area contributed by atoms with Gasteiger partial charge in [-0.05, 0) is 18.8 Å². The average Bonchev–Trinajstić information content (AvgIpc) is 2.57. The van der Waals surface area contributed by atoms with Crippen molar-refractivity contribution < 1.29 is 8.78 Å². The molecule has 20 heavy (non-hydrogen) atoms. The smallest absolute Gasteiger partial charge is 0.248 e. The van der Waals surface area contributed by atoms with Gasteiger partial charge in [-0.2, -0.15) is 11.8 Å². The van der Waals surface area contributed by atoms with E-state index in [1.54, 1.807) is 0 Å². The Labute approximate surface area is 141 Å². The van der Waals surface area contributed by atoms with Crippen LogP contribution in [0.5, 0.6) is 0 Å². The zero-order valence-electron chi connectivity index (χ0n) is 11.7. The second-order valence-electron chi connectivity index (χ2n) is 5.47. The van der Waals surface area contributed by atoms with Gasteiger partial charge in [0.05, 0.1) is 0 Å². The van der Waals surface area contributed by atoms with Gasteiger partial charge in [-0.3, -0.25) is 4.99 Å². The van der Waals surface area contributed by atoms with Crippen LogP contribution in [-0.4, -0.2) is 47.9 Å². The Kier molecular flexibility index (Phi) is 7.86. The van der Waals surface area contributed by atoms with Crippen LogP contribution >= 0.6 is 35.7 Å². The van der Waals surface area contributed by atoms with Crippen LogP contribution in [0.1, 0.15) is 32.1 Å². The summed E-state index contributed by atoms with van der Waals surface area (Å²) in [5.74, 6) is 0.144. The first-order valence-corrected chi connectivity index (χ1v) is 8.23. The van der Waals surface area contributed by atoms with Crippen LogP contribution in [0.3, 0.4) is 0 Å². The number of alkyl halides is 2. The summed E-state index contributed by atoms with van der Waals surface area (Å²) in [7, 11) is 0. The molecule has 3 nitrogen and oxygen atoms in total. The van der Waals surface area contributed by atoms with Crippen molar-refractivity contribution in [1.29, 1.82) is 0 Å². The third-order valence-corrected chi connectivity index (χ3v) is 4.78. The van der Waals surface area contributed by atoms with E-state index in [1.165, 1.54) is 0 Å². The van der Waals surface area contributed by atoms with Gasteiger partial charge >= 0.3 is 0 Å². The van der Waals surface area contributed by atoms with Gasteiger partial charge in [0.25, 0.3) is 0 Å². The Hall–Kier alpha value is 0.210. The molecule has 0 aromatic heterocycles. The minimum Gasteiger partial charge on any atom is -0.370 e. The lowest BCUT2D eigenvalue weighted by molar-refractivity contribution is -0.0241. The Balaban J connectivity index is 0.00000200. The molecule has 1 unspecified atom stereocenters. The monoisotopic (exact) mass is 419 g/mol. The lowest BCUT2D eigenvalue weighted by atomic mass is 9.99. The quantitative estimate of drug-likeness (QED) is 0.324. The van der Waals surface area contributed by atoms with Gasteiger partial charge in [-0.25, -0.2) is 8.78 Å². The zero-order valence-corrected chi connectivity index (χ0v) is 14.8. The number of rotatable bonds is 2. The van der Waals surface area contributed by atoms with Crippen LogP contribution in [0.2, 0.25) is 0 Å². The van der Waals surface area contributed by atoms with Crippen molar-refractivity contribution >= 4 is 41.7 Å². The number of aliphatic imine (C=N–C) groups is 1. The lowest BCUT2D eigenvalue weighted by Crippen LogP contribution is -2.43. The highest BCUT2D eigenvalue weighted by molar-refractivity contribution is 14.0. The summed E-state index contributed by atoms with van der Waals surface area (Å²) in [5.41, 5.74) is 5.95. The topological polar surface area (TPSA) is 41.6 Å². The number of halogens is 3. The molecule has 0 bridgehead atoms. The summed E-state index contributed by atoms with van der Waals surface area (Å²) >= 11 is 1.91. The fraction of sp³-hybridized carbons (Fsp3) is 0.923. The number of hydrogen-bond acceptors (Lipinski definition) is 2. The maximum atomic E-state index is 13.5. The molecular formula is C13H24F2IN3S. The molecule has 2 N–H and O–H groups in total. The van der Waals surface area contributed by atoms with Gasteiger partial charge < -0.3 is 10.6 Å². The summed E-state index contributed by atoms with van der Waals surface area (Å²) in [5, 5.41) is 0. The van der Waals surface area contributed by atoms with Crippen molar-refractivity contribution in [2.75, 3.05) is 31.1 Å². The normalized spacial score (nSPS) is 27.6. The van der Waals surface area contributed by atoms with Crippen molar-refractivity contribution in [3.63, 3.8) is 0 Å². The summed E-state index contributed by atoms with van der Waals surface area (Å²) in [6, 6.07) is 0. The average molecular weight is 419 g/mol. The molecule has 1 heterocycles. The maximum Gasteiger partial charge on any atom is 0.248 e. The number of hydrogen-bond donors (Lipinski definition) is 1. The Morgan fingerprint density at radius 2 is 2.00 bits per heavy atom. The standard InChI is InChI=1S/C13H23F2N3S.HI/c14-13(15)4-2-1-3-11(9-13)10-17-12(16)18-5-7-19-8-6-18;/h11H,1-10H2,(H2,16,17);1H. The van der Waals surface area contributed by atoms with Crippen LogP contribution in [0.4, 0.5) is 8.78 Å². The molecule has 2 rings (SSSR count). The Morgan fingerprint density at radius 3 is 2.70 bits per heavy atom. The highest BCUT2D eigenvalue weighted by Gasteiger charge is 2.34. The van der Waals surface area contributed by atoms with E-state index in [-0.39, 0.29) is 42.7 Å². The summed E-state index contributed by atoms with van der Waals surface area (Å²) < 4.78 is 27.0. The Bertz CT molecular complexity index is 323. The molecule has 1 aliphatic carbocycles. The first-order valence-electron chi connectivity index (χ1n) is 7.07. The molecule has 1 atom stereocenters. The largest absolute Gasteiger partial charge is 0.370 e. The first-order chi connectivity index (χ1) is 9.07. The van der Waals surface area contributed by atoms with Crippen LogP contribution in [0, 0.1) is 5.92 Å². The van der Waals surface area contributed by atoms with Crippen LogP contribution in [-0.2, 0) is 0 Å². The van der Waals surface area contributed by atoms with E-state index in [0.717, 1.165) is 37.4 Å². The third kappa shape index (κ3) is 5.91. The minimum absolute atomic E-state index is 0. The highest BCUT2D eigenvalue weighted by Crippen LogP contribution is 2.35. The van der Waals surface area contributed by atoms with Crippen molar-refractivity contribution in [2.24, 2.45) is 16.6 Å². The predicted octanol–water partition coefficient (Wildman–Crippen LogP) is 3.18. The first kappa shape index (κ1) is 18.3. The molecule has 118 valence electrons. The summed E-state index contributed by atoms with van der Waals surface area (Å²) in [4.78, 5) is 6.42. The molecule has 1 saturated heterocycles. The van der Waals surface area contributed by atoms with Crippen molar-refractivity contribution in [2.45, 2.75) is 38.0 Å². The van der Waals surface area contributed by atoms with Gasteiger partial charge in [-0.15, -0.1) is 24.0 Å². The van der Waals surface area contributed by atoms with Crippen molar-refractivity contribution in [3.05, 3.63) is 0 Å². The predicted molar refractivity (Wildman–Crippen MR) is 92.3 cm³/mol. The highest BCUT2D eigenvalue weighted by atomic mass is 127. The number of guanidine groups is 1. The molecule has 2 aliphatic rings. The van der Waals surface area contributed by atoms with E-state index >= 15 is 0 Å². The minimum atomic E-state index is -2.51. The van der Waals surface area contributed by atoms with Gasteiger partial charge in [0.2, 0.25) is 5.92 Å². The molecule has 7 heteroatoms. The van der Waals surface area contributed by atoms with Gasteiger partial charge in [-0.1, -0.05) is 6.42 Å². The number of nitrogens with zero attached hydrogens (tertiary/aromatic N) is 2. The van der Waals surface area contributed by atoms with Crippen LogP contribution < -0.4 is 5.73 Å². The van der Waals surface area contributed by atoms with Crippen molar-refractivity contribution in [3.8, 4) is 0 Å². The summed E-state index contributed by atoms with van der Waals surface area (Å²) in [6.45, 7) is 2.28. The molecule has 0 radical (unpaired) electrons. The zero-order chi connectivity index (χ0) is 13.7. The lowest BCUT2D eigenvalue weighted by Gasteiger charge is -2.27. The molecular weight excluding hydrogens is 395 g/mol. The molecule has 0 aromatic carbocycles. The van der Waals surface area contributed by atoms with Crippen LogP contribution in [0.15, 0.2) is 4.99 Å². The number of nitrogens with two attached hydrogens (primary N) is 1. The molecule has 0 aromatic rings. The second kappa shape index (κ2) is 8.60. The second-order valence-corrected chi connectivity index (χ2v) is 6.69. The van der Waals surface area contributed by atoms with Crippen LogP contribution in [0.25, 0.3) is 0 Å². The molecule has 0 amide bonds. The van der Waals surface area contributed by atoms with Crippen molar-refractivity contribution in [1.82, 2.24) is 4.90 Å². The van der Waals surface area contributed by atoms with Gasteiger partial charge in [0.1, 0.15) is 0 Å². The molecule has 1 saturated carbocycles. The molecule has 2 fully saturated rings. The van der Waals surface area contributed by atoms with E-state index in [9.17, 15) is 8.78 Å². The Morgan fingerprint density at radius 1 is 1.30 bits per heavy atom. The molecule has 1 aliphatic heterocycles. The van der Waals surface area contributed by atoms with E-state index in [4.69, 9.17) is 5.73 Å². The van der Waals surface area contributed by atoms with E-state index < -0.39 is 5.92 Å². The third-order valence-electron chi connectivity index (χ3n) is 3.84. The fourth-order valence-corrected chi connectivity index (χ4v) is 3.62. The van der Waals surface area contributed by atoms with Gasteiger partial charge in [0.15, 0.2) is 5.96 Å². The number of thioether (sulfide) groups is 1. The van der Waals surface area contributed by atoms with E-state index in [2.05, 4.69) is 9.89 Å². The van der Waals surface area contributed by atoms with E-state index in [0.29, 0.717) is 18.9 Å². The maximum absolute atomic E-state index is 13.5. The molecule has 0 spiro atoms. The van der Waals surface area contributed by atoms with Gasteiger partial charge in [0, 0.05) is 44.0 Å². The van der Waals surface area contributed by atoms with E-state index in [1.807, 2.05) is 11.8 Å². The fourth-order valence-electron chi connectivity index (χ4n) is 2.71. The summed E-state index contributed by atoms with van der Waals surface area (Å²) in [6.07, 6.45) is 2.37.